The zero-order chi connectivity index (χ0) is 22.1. The number of halogens is 1. The maximum absolute atomic E-state index is 13.2. The number of hydrogen-bond donors (Lipinski definition) is 1. The van der Waals surface area contributed by atoms with Crippen LogP contribution in [0.4, 0.5) is 14.9 Å². The molecule has 1 unspecified atom stereocenters. The van der Waals surface area contributed by atoms with Crippen LogP contribution in [0.25, 0.3) is 0 Å². The number of anilines is 1. The van der Waals surface area contributed by atoms with Crippen molar-refractivity contribution >= 4 is 35.2 Å². The second-order valence-electron chi connectivity index (χ2n) is 7.63. The van der Waals surface area contributed by atoms with Gasteiger partial charge in [-0.3, -0.25) is 14.4 Å². The highest BCUT2D eigenvalue weighted by Crippen LogP contribution is 2.28. The number of aliphatic imine (C=N–C) groups is 1. The van der Waals surface area contributed by atoms with Crippen LogP contribution in [-0.4, -0.2) is 72.0 Å². The van der Waals surface area contributed by atoms with Crippen LogP contribution in [0, 0.1) is 5.82 Å². The number of likely N-dealkylation sites (N-methyl/N-ethyl adjacent to an activating group) is 1. The van der Waals surface area contributed by atoms with Crippen LogP contribution in [0.15, 0.2) is 41.0 Å². The van der Waals surface area contributed by atoms with Crippen LogP contribution in [0.1, 0.15) is 19.3 Å². The van der Waals surface area contributed by atoms with Crippen molar-refractivity contribution in [1.29, 1.82) is 0 Å². The Bertz CT molecular complexity index is 1000. The van der Waals surface area contributed by atoms with E-state index in [2.05, 4.69) is 10.3 Å². The van der Waals surface area contributed by atoms with Gasteiger partial charge in [-0.15, -0.1) is 0 Å². The number of carbonyl (C=O) groups is 4. The Kier molecular flexibility index (Phi) is 5.53. The van der Waals surface area contributed by atoms with Crippen molar-refractivity contribution in [2.24, 2.45) is 4.99 Å². The fraction of sp³-hybridized carbons (Fsp3) is 0.381. The molecule has 3 aliphatic rings. The largest absolute Gasteiger partial charge is 0.363 e. The minimum atomic E-state index is -0.911. The Hall–Kier alpha value is -3.56. The molecule has 162 valence electrons. The van der Waals surface area contributed by atoms with Crippen molar-refractivity contribution in [1.82, 2.24) is 15.1 Å². The summed E-state index contributed by atoms with van der Waals surface area (Å²) in [5.74, 6) is -1.35. The van der Waals surface area contributed by atoms with Gasteiger partial charge in [0.1, 0.15) is 5.82 Å². The number of amides is 5. The summed E-state index contributed by atoms with van der Waals surface area (Å²) >= 11 is 0. The lowest BCUT2D eigenvalue weighted by Gasteiger charge is -2.30. The van der Waals surface area contributed by atoms with Gasteiger partial charge in [0.25, 0.3) is 11.8 Å². The third-order valence-electron chi connectivity index (χ3n) is 5.53. The van der Waals surface area contributed by atoms with Crippen molar-refractivity contribution in [2.45, 2.75) is 25.3 Å². The van der Waals surface area contributed by atoms with E-state index in [-0.39, 0.29) is 22.9 Å². The highest BCUT2D eigenvalue weighted by atomic mass is 19.1. The van der Waals surface area contributed by atoms with Crippen molar-refractivity contribution in [3.8, 4) is 0 Å². The minimum Gasteiger partial charge on any atom is -0.363 e. The highest BCUT2D eigenvalue weighted by Gasteiger charge is 2.46. The molecule has 3 heterocycles. The molecule has 1 fully saturated rings. The van der Waals surface area contributed by atoms with E-state index < -0.39 is 29.7 Å². The van der Waals surface area contributed by atoms with Crippen LogP contribution in [0.2, 0.25) is 0 Å². The first-order valence-corrected chi connectivity index (χ1v) is 10.1. The smallest absolute Gasteiger partial charge is 0.355 e. The third-order valence-corrected chi connectivity index (χ3v) is 5.53. The highest BCUT2D eigenvalue weighted by molar-refractivity contribution is 6.39. The molecule has 0 bridgehead atoms. The standard InChI is InChI=1S/C21H22FN5O4/c1-25-12-15(19(29)23-9-3-11-26-10-2-4-16(26)28)17-18(25)20(30)27(21(31)24-17)14-7-5-13(22)6-8-14/h5-8,12,18H,2-4,9-11H2,1H3,(H,23,29). The maximum atomic E-state index is 13.2. The first kappa shape index (κ1) is 20.7. The van der Waals surface area contributed by atoms with Gasteiger partial charge in [0.2, 0.25) is 5.91 Å². The molecule has 31 heavy (non-hydrogen) atoms. The van der Waals surface area contributed by atoms with Gasteiger partial charge in [0.15, 0.2) is 6.04 Å². The number of nitrogens with one attached hydrogen (secondary N) is 1. The van der Waals surface area contributed by atoms with Crippen molar-refractivity contribution < 1.29 is 23.6 Å². The molecule has 1 N–H and O–H groups in total. The fourth-order valence-corrected chi connectivity index (χ4v) is 3.98. The van der Waals surface area contributed by atoms with Crippen molar-refractivity contribution in [3.63, 3.8) is 0 Å². The molecule has 0 saturated carbocycles. The van der Waals surface area contributed by atoms with E-state index in [0.29, 0.717) is 25.9 Å². The third kappa shape index (κ3) is 3.92. The van der Waals surface area contributed by atoms with Gasteiger partial charge < -0.3 is 15.1 Å². The summed E-state index contributed by atoms with van der Waals surface area (Å²) < 4.78 is 13.2. The number of benzene rings is 1. The van der Waals surface area contributed by atoms with E-state index in [1.54, 1.807) is 11.9 Å². The zero-order valence-corrected chi connectivity index (χ0v) is 17.0. The van der Waals surface area contributed by atoms with E-state index in [9.17, 15) is 23.6 Å². The van der Waals surface area contributed by atoms with E-state index in [4.69, 9.17) is 0 Å². The number of nitrogens with zero attached hydrogens (tertiary/aromatic N) is 4. The molecule has 1 aromatic rings. The van der Waals surface area contributed by atoms with Crippen LogP contribution in [0.5, 0.6) is 0 Å². The lowest BCUT2D eigenvalue weighted by molar-refractivity contribution is -0.127. The summed E-state index contributed by atoms with van der Waals surface area (Å²) in [4.78, 5) is 58.0. The van der Waals surface area contributed by atoms with E-state index >= 15 is 0 Å². The van der Waals surface area contributed by atoms with Gasteiger partial charge in [-0.2, -0.15) is 4.99 Å². The van der Waals surface area contributed by atoms with E-state index in [0.717, 1.165) is 30.0 Å². The van der Waals surface area contributed by atoms with Crippen LogP contribution in [-0.2, 0) is 14.4 Å². The normalized spacial score (nSPS) is 20.8. The molecule has 0 radical (unpaired) electrons. The van der Waals surface area contributed by atoms with Gasteiger partial charge in [0.05, 0.1) is 17.0 Å². The zero-order valence-electron chi connectivity index (χ0n) is 17.0. The Morgan fingerprint density at radius 1 is 1.23 bits per heavy atom. The topological polar surface area (TPSA) is 102 Å². The fourth-order valence-electron chi connectivity index (χ4n) is 3.98. The number of hydrogen-bond acceptors (Lipinski definition) is 5. The summed E-state index contributed by atoms with van der Waals surface area (Å²) in [7, 11) is 1.62. The molecule has 5 amide bonds. The summed E-state index contributed by atoms with van der Waals surface area (Å²) in [6.45, 7) is 1.67. The molecule has 0 aliphatic carbocycles. The second-order valence-corrected chi connectivity index (χ2v) is 7.63. The molecular weight excluding hydrogens is 405 g/mol. The number of rotatable bonds is 6. The quantitative estimate of drug-likeness (QED) is 0.684. The van der Waals surface area contributed by atoms with Crippen molar-refractivity contribution in [2.75, 3.05) is 31.6 Å². The maximum Gasteiger partial charge on any atom is 0.355 e. The lowest BCUT2D eigenvalue weighted by atomic mass is 10.0. The molecule has 1 atom stereocenters. The molecular formula is C21H22FN5O4. The van der Waals surface area contributed by atoms with Crippen LogP contribution in [0.3, 0.4) is 0 Å². The monoisotopic (exact) mass is 427 g/mol. The Balaban J connectivity index is 1.43. The molecule has 3 aliphatic heterocycles. The molecule has 1 aromatic carbocycles. The molecule has 1 saturated heterocycles. The van der Waals surface area contributed by atoms with Gasteiger partial charge in [-0.05, 0) is 37.1 Å². The average molecular weight is 427 g/mol. The molecule has 0 aromatic heterocycles. The summed E-state index contributed by atoms with van der Waals surface area (Å²) in [6, 6.07) is 3.22. The van der Waals surface area contributed by atoms with Gasteiger partial charge in [-0.25, -0.2) is 14.1 Å². The molecule has 9 nitrogen and oxygen atoms in total. The molecule has 4 rings (SSSR count). The SMILES string of the molecule is CN1C=C(C(=O)NCCCN2CCCC2=O)C2=NC(=O)N(c3ccc(F)cc3)C(=O)C21. The summed E-state index contributed by atoms with van der Waals surface area (Å²) in [6.07, 6.45) is 3.53. The number of imide groups is 1. The summed E-state index contributed by atoms with van der Waals surface area (Å²) in [5, 5.41) is 2.77. The van der Waals surface area contributed by atoms with Gasteiger partial charge in [-0.1, -0.05) is 0 Å². The average Bonchev–Trinajstić information content (AvgIpc) is 3.29. The van der Waals surface area contributed by atoms with Crippen molar-refractivity contribution in [3.05, 3.63) is 41.9 Å². The molecule has 0 spiro atoms. The van der Waals surface area contributed by atoms with Crippen LogP contribution >= 0.6 is 0 Å². The van der Waals surface area contributed by atoms with Gasteiger partial charge in [0, 0.05) is 39.3 Å². The van der Waals surface area contributed by atoms with E-state index in [1.807, 2.05) is 0 Å². The lowest BCUT2D eigenvalue weighted by Crippen LogP contribution is -2.54. The van der Waals surface area contributed by atoms with Gasteiger partial charge >= 0.3 is 6.03 Å². The van der Waals surface area contributed by atoms with Crippen LogP contribution < -0.4 is 10.2 Å². The first-order chi connectivity index (χ1) is 14.9. The molecule has 10 heteroatoms. The Labute approximate surface area is 178 Å². The number of urea groups is 1. The summed E-state index contributed by atoms with van der Waals surface area (Å²) in [5.41, 5.74) is 0.468. The predicted octanol–water partition coefficient (Wildman–Crippen LogP) is 1.06. The number of fused-ring (bicyclic) bond motifs is 1. The first-order valence-electron chi connectivity index (χ1n) is 10.1. The second kappa shape index (κ2) is 8.29. The number of likely N-dealkylation sites (tertiary alicyclic amines) is 1. The Morgan fingerprint density at radius 3 is 2.65 bits per heavy atom. The number of carbonyl (C=O) groups excluding carboxylic acids is 4. The predicted molar refractivity (Wildman–Crippen MR) is 110 cm³/mol. The Morgan fingerprint density at radius 2 is 1.97 bits per heavy atom. The minimum absolute atomic E-state index is 0.100. The van der Waals surface area contributed by atoms with E-state index in [1.165, 1.54) is 23.2 Å².